The molecule has 1 fully saturated rings. The average Bonchev–Trinajstić information content (AvgIpc) is 3.26. The lowest BCUT2D eigenvalue weighted by Gasteiger charge is -2.35. The Balaban J connectivity index is 1.53. The van der Waals surface area contributed by atoms with Gasteiger partial charge in [0.05, 0.1) is 12.2 Å². The number of aromatic amines is 1. The highest BCUT2D eigenvalue weighted by Crippen LogP contribution is 2.30. The number of likely N-dealkylation sites (tertiary alicyclic amines) is 1. The van der Waals surface area contributed by atoms with Gasteiger partial charge in [0.15, 0.2) is 0 Å². The van der Waals surface area contributed by atoms with Gasteiger partial charge in [-0.3, -0.25) is 9.78 Å². The number of H-pyrrole nitrogens is 1. The van der Waals surface area contributed by atoms with Crippen LogP contribution in [0.25, 0.3) is 0 Å². The standard InChI is InChI=1S/C16H24N6O/c1-13(12-21-7-4-6-20-21)9-17-16(23)22-8-3-2-5-15(22)14-10-18-19-11-14/h4,6-7,10-11,13,15H,2-3,5,8-9,12H2,1H3,(H,17,23)(H,18,19)/t13-,15-/m1/s1. The van der Waals surface area contributed by atoms with Crippen molar-refractivity contribution in [2.75, 3.05) is 13.1 Å². The van der Waals surface area contributed by atoms with Crippen LogP contribution in [0.5, 0.6) is 0 Å². The molecule has 23 heavy (non-hydrogen) atoms. The highest BCUT2D eigenvalue weighted by Gasteiger charge is 2.28. The van der Waals surface area contributed by atoms with E-state index in [1.165, 1.54) is 0 Å². The summed E-state index contributed by atoms with van der Waals surface area (Å²) in [4.78, 5) is 14.5. The van der Waals surface area contributed by atoms with Gasteiger partial charge < -0.3 is 10.2 Å². The van der Waals surface area contributed by atoms with E-state index in [4.69, 9.17) is 0 Å². The summed E-state index contributed by atoms with van der Waals surface area (Å²) in [5, 5.41) is 14.1. The second-order valence-electron chi connectivity index (χ2n) is 6.26. The van der Waals surface area contributed by atoms with Crippen LogP contribution in [0.4, 0.5) is 4.79 Å². The molecule has 2 N–H and O–H groups in total. The van der Waals surface area contributed by atoms with Crippen LogP contribution in [0, 0.1) is 5.92 Å². The fraction of sp³-hybridized carbons (Fsp3) is 0.562. The summed E-state index contributed by atoms with van der Waals surface area (Å²) in [6.07, 6.45) is 10.6. The Morgan fingerprint density at radius 3 is 3.17 bits per heavy atom. The molecular formula is C16H24N6O. The molecule has 2 amide bonds. The van der Waals surface area contributed by atoms with Crippen LogP contribution in [0.3, 0.4) is 0 Å². The summed E-state index contributed by atoms with van der Waals surface area (Å²) in [6, 6.07) is 2.06. The Labute approximate surface area is 136 Å². The number of piperidine rings is 1. The number of aromatic nitrogens is 4. The van der Waals surface area contributed by atoms with Crippen molar-refractivity contribution in [2.24, 2.45) is 5.92 Å². The van der Waals surface area contributed by atoms with Crippen LogP contribution >= 0.6 is 0 Å². The number of nitrogens with one attached hydrogen (secondary N) is 2. The van der Waals surface area contributed by atoms with Crippen molar-refractivity contribution in [1.82, 2.24) is 30.2 Å². The van der Waals surface area contributed by atoms with Crippen molar-refractivity contribution < 1.29 is 4.79 Å². The molecule has 0 unspecified atom stereocenters. The molecule has 3 heterocycles. The van der Waals surface area contributed by atoms with Gasteiger partial charge in [0, 0.05) is 43.8 Å². The first kappa shape index (κ1) is 15.6. The lowest BCUT2D eigenvalue weighted by atomic mass is 9.98. The van der Waals surface area contributed by atoms with E-state index in [-0.39, 0.29) is 12.1 Å². The molecule has 7 nitrogen and oxygen atoms in total. The van der Waals surface area contributed by atoms with Crippen LogP contribution in [0.2, 0.25) is 0 Å². The van der Waals surface area contributed by atoms with E-state index < -0.39 is 0 Å². The fourth-order valence-electron chi connectivity index (χ4n) is 3.12. The molecule has 1 saturated heterocycles. The topological polar surface area (TPSA) is 78.8 Å². The third-order valence-electron chi connectivity index (χ3n) is 4.33. The molecule has 0 spiro atoms. The van der Waals surface area contributed by atoms with Gasteiger partial charge in [0.2, 0.25) is 0 Å². The fourth-order valence-corrected chi connectivity index (χ4v) is 3.12. The molecule has 3 rings (SSSR count). The molecule has 2 atom stereocenters. The first-order valence-electron chi connectivity index (χ1n) is 8.24. The Hall–Kier alpha value is -2.31. The SMILES string of the molecule is C[C@H](CNC(=O)N1CCCC[C@@H]1c1cn[nH]c1)Cn1cccn1. The van der Waals surface area contributed by atoms with Gasteiger partial charge in [-0.15, -0.1) is 0 Å². The predicted molar refractivity (Wildman–Crippen MR) is 86.7 cm³/mol. The Morgan fingerprint density at radius 2 is 2.43 bits per heavy atom. The van der Waals surface area contributed by atoms with Gasteiger partial charge in [-0.25, -0.2) is 4.79 Å². The van der Waals surface area contributed by atoms with Gasteiger partial charge in [-0.05, 0) is 31.2 Å². The molecule has 7 heteroatoms. The molecular weight excluding hydrogens is 292 g/mol. The zero-order valence-electron chi connectivity index (χ0n) is 13.5. The minimum Gasteiger partial charge on any atom is -0.338 e. The van der Waals surface area contributed by atoms with Crippen LogP contribution < -0.4 is 5.32 Å². The third-order valence-corrected chi connectivity index (χ3v) is 4.33. The summed E-state index contributed by atoms with van der Waals surface area (Å²) < 4.78 is 1.89. The van der Waals surface area contributed by atoms with E-state index in [2.05, 4.69) is 27.5 Å². The number of carbonyl (C=O) groups excluding carboxylic acids is 1. The average molecular weight is 316 g/mol. The van der Waals surface area contributed by atoms with Crippen molar-refractivity contribution >= 4 is 6.03 Å². The molecule has 2 aromatic rings. The largest absolute Gasteiger partial charge is 0.338 e. The van der Waals surface area contributed by atoms with E-state index in [0.717, 1.165) is 37.9 Å². The smallest absolute Gasteiger partial charge is 0.317 e. The number of amides is 2. The van der Waals surface area contributed by atoms with Gasteiger partial charge >= 0.3 is 6.03 Å². The normalized spacial score (nSPS) is 19.5. The highest BCUT2D eigenvalue weighted by atomic mass is 16.2. The van der Waals surface area contributed by atoms with Gasteiger partial charge in [-0.1, -0.05) is 6.92 Å². The van der Waals surface area contributed by atoms with Crippen LogP contribution in [-0.4, -0.2) is 44.0 Å². The van der Waals surface area contributed by atoms with Crippen LogP contribution in [-0.2, 0) is 6.54 Å². The molecule has 0 aromatic carbocycles. The lowest BCUT2D eigenvalue weighted by Crippen LogP contribution is -2.45. The minimum atomic E-state index is 0.0169. The molecule has 1 aliphatic rings. The highest BCUT2D eigenvalue weighted by molar-refractivity contribution is 5.74. The van der Waals surface area contributed by atoms with Crippen molar-refractivity contribution in [3.8, 4) is 0 Å². The second kappa shape index (κ2) is 7.30. The van der Waals surface area contributed by atoms with E-state index in [0.29, 0.717) is 12.5 Å². The third kappa shape index (κ3) is 3.91. The maximum Gasteiger partial charge on any atom is 0.317 e. The van der Waals surface area contributed by atoms with Gasteiger partial charge in [-0.2, -0.15) is 10.2 Å². The number of rotatable bonds is 5. The molecule has 124 valence electrons. The number of hydrogen-bond donors (Lipinski definition) is 2. The van der Waals surface area contributed by atoms with Gasteiger partial charge in [0.1, 0.15) is 0 Å². The number of nitrogens with zero attached hydrogens (tertiary/aromatic N) is 4. The van der Waals surface area contributed by atoms with Crippen LogP contribution in [0.1, 0.15) is 37.8 Å². The zero-order chi connectivity index (χ0) is 16.1. The molecule has 0 bridgehead atoms. The summed E-state index contributed by atoms with van der Waals surface area (Å²) >= 11 is 0. The predicted octanol–water partition coefficient (Wildman–Crippen LogP) is 2.18. The Bertz CT molecular complexity index is 594. The van der Waals surface area contributed by atoms with Crippen molar-refractivity contribution in [3.05, 3.63) is 36.4 Å². The van der Waals surface area contributed by atoms with Crippen molar-refractivity contribution in [3.63, 3.8) is 0 Å². The summed E-state index contributed by atoms with van der Waals surface area (Å²) in [5.74, 6) is 0.330. The number of urea groups is 1. The quantitative estimate of drug-likeness (QED) is 0.887. The van der Waals surface area contributed by atoms with Crippen LogP contribution in [0.15, 0.2) is 30.9 Å². The summed E-state index contributed by atoms with van der Waals surface area (Å²) in [7, 11) is 0. The Morgan fingerprint density at radius 1 is 1.52 bits per heavy atom. The van der Waals surface area contributed by atoms with E-state index in [1.807, 2.05) is 34.2 Å². The minimum absolute atomic E-state index is 0.0169. The first-order chi connectivity index (χ1) is 11.2. The lowest BCUT2D eigenvalue weighted by molar-refractivity contribution is 0.150. The van der Waals surface area contributed by atoms with Crippen molar-refractivity contribution in [2.45, 2.75) is 38.8 Å². The van der Waals surface area contributed by atoms with E-state index in [1.54, 1.807) is 6.20 Å². The number of hydrogen-bond acceptors (Lipinski definition) is 3. The molecule has 2 aromatic heterocycles. The Kier molecular flexibility index (Phi) is 4.95. The second-order valence-corrected chi connectivity index (χ2v) is 6.26. The maximum absolute atomic E-state index is 12.6. The first-order valence-corrected chi connectivity index (χ1v) is 8.24. The summed E-state index contributed by atoms with van der Waals surface area (Å²) in [5.41, 5.74) is 1.09. The maximum atomic E-state index is 12.6. The molecule has 1 aliphatic heterocycles. The number of carbonyl (C=O) groups is 1. The van der Waals surface area contributed by atoms with E-state index >= 15 is 0 Å². The monoisotopic (exact) mass is 316 g/mol. The molecule has 0 saturated carbocycles. The molecule has 0 radical (unpaired) electrons. The van der Waals surface area contributed by atoms with Crippen molar-refractivity contribution in [1.29, 1.82) is 0 Å². The summed E-state index contributed by atoms with van der Waals surface area (Å²) in [6.45, 7) is 4.37. The molecule has 0 aliphatic carbocycles. The van der Waals surface area contributed by atoms with Gasteiger partial charge in [0.25, 0.3) is 0 Å². The zero-order valence-corrected chi connectivity index (χ0v) is 13.5. The van der Waals surface area contributed by atoms with E-state index in [9.17, 15) is 4.79 Å².